The quantitative estimate of drug-likeness (QED) is 0.122. The van der Waals surface area contributed by atoms with Crippen molar-refractivity contribution >= 4 is 0 Å². The van der Waals surface area contributed by atoms with Crippen LogP contribution in [0.1, 0.15) is 107 Å². The Hall–Kier alpha value is -3.10. The lowest BCUT2D eigenvalue weighted by Gasteiger charge is -2.33. The molecule has 0 unspecified atom stereocenters. The number of ether oxygens (including phenoxy) is 1. The summed E-state index contributed by atoms with van der Waals surface area (Å²) in [6.45, 7) is 2.18. The Morgan fingerprint density at radius 3 is 1.84 bits per heavy atom. The van der Waals surface area contributed by atoms with Crippen molar-refractivity contribution in [3.05, 3.63) is 88.5 Å². The molecule has 0 spiro atoms. The van der Waals surface area contributed by atoms with E-state index in [-0.39, 0.29) is 48.3 Å². The maximum absolute atomic E-state index is 15.3. The predicted octanol–water partition coefficient (Wildman–Crippen LogP) is 12.0. The first kappa shape index (κ1) is 33.3. The van der Waals surface area contributed by atoms with Gasteiger partial charge in [-0.3, -0.25) is 0 Å². The minimum absolute atomic E-state index is 0.0600. The van der Waals surface area contributed by atoms with Gasteiger partial charge in [0.25, 0.3) is 0 Å². The van der Waals surface area contributed by atoms with Gasteiger partial charge in [0.05, 0.1) is 11.5 Å². The SMILES string of the molecule is CCCCCC1CCC(c2cc(F)c(-c3ccc(C4CCC(C(F)(F)Oc5cc(F)c(F)c(F)c5)CC4)c(F)c3)c(F)c2)CC1. The second-order valence-corrected chi connectivity index (χ2v) is 12.7. The van der Waals surface area contributed by atoms with E-state index in [0.29, 0.717) is 23.6 Å². The summed E-state index contributed by atoms with van der Waals surface area (Å²) in [6, 6.07) is 7.42. The Morgan fingerprint density at radius 2 is 1.27 bits per heavy atom. The molecule has 2 aliphatic rings. The Labute approximate surface area is 259 Å². The molecule has 9 heteroatoms. The van der Waals surface area contributed by atoms with Crippen LogP contribution in [-0.4, -0.2) is 6.11 Å². The van der Waals surface area contributed by atoms with Gasteiger partial charge in [-0.2, -0.15) is 8.78 Å². The fourth-order valence-corrected chi connectivity index (χ4v) is 7.16. The third kappa shape index (κ3) is 7.66. The monoisotopic (exact) mass is 638 g/mol. The van der Waals surface area contributed by atoms with Crippen LogP contribution in [0.2, 0.25) is 0 Å². The molecule has 0 amide bonds. The first-order chi connectivity index (χ1) is 21.5. The maximum atomic E-state index is 15.3. The van der Waals surface area contributed by atoms with Crippen LogP contribution >= 0.6 is 0 Å². The highest BCUT2D eigenvalue weighted by Gasteiger charge is 2.44. The highest BCUT2D eigenvalue weighted by Crippen LogP contribution is 2.45. The number of alkyl halides is 2. The van der Waals surface area contributed by atoms with Crippen LogP contribution < -0.4 is 4.74 Å². The summed E-state index contributed by atoms with van der Waals surface area (Å²) in [5, 5.41) is 0. The molecule has 0 radical (unpaired) electrons. The largest absolute Gasteiger partial charge is 0.432 e. The van der Waals surface area contributed by atoms with Crippen molar-refractivity contribution in [3.63, 3.8) is 0 Å². The van der Waals surface area contributed by atoms with E-state index in [0.717, 1.165) is 31.7 Å². The van der Waals surface area contributed by atoms with Crippen molar-refractivity contribution in [2.75, 3.05) is 0 Å². The zero-order chi connectivity index (χ0) is 32.3. The summed E-state index contributed by atoms with van der Waals surface area (Å²) in [5.41, 5.74) is 0.652. The molecule has 0 N–H and O–H groups in total. The summed E-state index contributed by atoms with van der Waals surface area (Å²) in [6.07, 6.45) is 5.11. The molecule has 0 bridgehead atoms. The van der Waals surface area contributed by atoms with Gasteiger partial charge in [-0.25, -0.2) is 26.3 Å². The van der Waals surface area contributed by atoms with Gasteiger partial charge in [-0.15, -0.1) is 0 Å². The van der Waals surface area contributed by atoms with Crippen LogP contribution in [0.25, 0.3) is 11.1 Å². The molecular formula is C36H38F8O. The van der Waals surface area contributed by atoms with Crippen LogP contribution in [0, 0.1) is 46.7 Å². The van der Waals surface area contributed by atoms with E-state index in [4.69, 9.17) is 0 Å². The van der Waals surface area contributed by atoms with Crippen molar-refractivity contribution in [2.45, 2.75) is 102 Å². The summed E-state index contributed by atoms with van der Waals surface area (Å²) in [4.78, 5) is 0. The average Bonchev–Trinajstić information content (AvgIpc) is 3.00. The Bertz CT molecular complexity index is 1430. The fraction of sp³-hybridized carbons (Fsp3) is 0.500. The van der Waals surface area contributed by atoms with Crippen molar-refractivity contribution in [3.8, 4) is 16.9 Å². The molecule has 5 rings (SSSR count). The van der Waals surface area contributed by atoms with Crippen molar-refractivity contribution < 1.29 is 39.9 Å². The minimum atomic E-state index is -3.79. The van der Waals surface area contributed by atoms with Gasteiger partial charge in [-0.1, -0.05) is 44.7 Å². The molecular weight excluding hydrogens is 600 g/mol. The second-order valence-electron chi connectivity index (χ2n) is 12.7. The zero-order valence-electron chi connectivity index (χ0n) is 25.3. The molecule has 2 saturated carbocycles. The normalized spacial score (nSPS) is 22.4. The number of unbranched alkanes of at least 4 members (excludes halogenated alkanes) is 2. The van der Waals surface area contributed by atoms with Gasteiger partial charge in [0, 0.05) is 12.1 Å². The molecule has 2 aliphatic carbocycles. The second kappa shape index (κ2) is 14.1. The first-order valence-corrected chi connectivity index (χ1v) is 16.0. The van der Waals surface area contributed by atoms with Crippen LogP contribution in [0.5, 0.6) is 5.75 Å². The third-order valence-electron chi connectivity index (χ3n) is 9.74. The van der Waals surface area contributed by atoms with Crippen LogP contribution in [0.15, 0.2) is 42.5 Å². The van der Waals surface area contributed by atoms with Crippen LogP contribution in [0.3, 0.4) is 0 Å². The lowest BCUT2D eigenvalue weighted by molar-refractivity contribution is -0.222. The molecule has 1 nitrogen and oxygen atoms in total. The molecule has 3 aromatic carbocycles. The smallest absolute Gasteiger partial charge is 0.400 e. The average molecular weight is 639 g/mol. The van der Waals surface area contributed by atoms with Crippen molar-refractivity contribution in [1.82, 2.24) is 0 Å². The van der Waals surface area contributed by atoms with E-state index < -0.39 is 58.6 Å². The fourth-order valence-electron chi connectivity index (χ4n) is 7.16. The van der Waals surface area contributed by atoms with Gasteiger partial charge < -0.3 is 4.74 Å². The Balaban J connectivity index is 1.21. The van der Waals surface area contributed by atoms with E-state index in [9.17, 15) is 22.0 Å². The lowest BCUT2D eigenvalue weighted by Crippen LogP contribution is -2.37. The van der Waals surface area contributed by atoms with Gasteiger partial charge >= 0.3 is 6.11 Å². The van der Waals surface area contributed by atoms with Crippen LogP contribution in [-0.2, 0) is 0 Å². The van der Waals surface area contributed by atoms with Gasteiger partial charge in [-0.05, 0) is 104 Å². The summed E-state index contributed by atoms with van der Waals surface area (Å²) < 4.78 is 120. The lowest BCUT2D eigenvalue weighted by atomic mass is 9.76. The highest BCUT2D eigenvalue weighted by atomic mass is 19.3. The van der Waals surface area contributed by atoms with Gasteiger partial charge in [0.2, 0.25) is 0 Å². The van der Waals surface area contributed by atoms with E-state index in [1.54, 1.807) is 0 Å². The molecule has 244 valence electrons. The number of hydrogen-bond acceptors (Lipinski definition) is 1. The molecule has 0 aliphatic heterocycles. The highest BCUT2D eigenvalue weighted by molar-refractivity contribution is 5.66. The first-order valence-electron chi connectivity index (χ1n) is 16.0. The molecule has 3 aromatic rings. The molecule has 0 atom stereocenters. The molecule has 0 saturated heterocycles. The summed E-state index contributed by atoms with van der Waals surface area (Å²) in [5.74, 6) is -9.05. The maximum Gasteiger partial charge on any atom is 0.400 e. The number of rotatable bonds is 10. The topological polar surface area (TPSA) is 9.23 Å². The van der Waals surface area contributed by atoms with Crippen LogP contribution in [0.4, 0.5) is 35.1 Å². The number of benzene rings is 3. The molecule has 2 fully saturated rings. The number of halogens is 8. The van der Waals surface area contributed by atoms with E-state index in [1.807, 2.05) is 0 Å². The zero-order valence-corrected chi connectivity index (χ0v) is 25.3. The standard InChI is InChI=1S/C36H38F8O/c1-2-3-4-5-21-6-8-22(9-7-21)25-17-30(38)34(31(39)18-25)24-12-15-28(29(37)16-24)23-10-13-26(14-11-23)36(43,44)45-27-19-32(40)35(42)33(41)20-27/h12,15-23,26H,2-11,13-14H2,1H3. The summed E-state index contributed by atoms with van der Waals surface area (Å²) in [7, 11) is 0. The van der Waals surface area contributed by atoms with Crippen molar-refractivity contribution in [2.24, 2.45) is 11.8 Å². The van der Waals surface area contributed by atoms with Gasteiger partial charge in [0.15, 0.2) is 17.5 Å². The number of hydrogen-bond donors (Lipinski definition) is 0. The summed E-state index contributed by atoms with van der Waals surface area (Å²) >= 11 is 0. The third-order valence-corrected chi connectivity index (χ3v) is 9.74. The van der Waals surface area contributed by atoms with E-state index in [1.165, 1.54) is 49.9 Å². The Morgan fingerprint density at radius 1 is 0.667 bits per heavy atom. The van der Waals surface area contributed by atoms with Gasteiger partial charge in [0.1, 0.15) is 23.2 Å². The van der Waals surface area contributed by atoms with Crippen molar-refractivity contribution in [1.29, 1.82) is 0 Å². The van der Waals surface area contributed by atoms with E-state index in [2.05, 4.69) is 11.7 Å². The Kier molecular flexibility index (Phi) is 10.4. The molecule has 0 aromatic heterocycles. The molecule has 0 heterocycles. The minimum Gasteiger partial charge on any atom is -0.432 e. The van der Waals surface area contributed by atoms with E-state index >= 15 is 13.2 Å². The predicted molar refractivity (Wildman–Crippen MR) is 157 cm³/mol. The molecule has 45 heavy (non-hydrogen) atoms.